The van der Waals surface area contributed by atoms with Crippen LogP contribution in [0.1, 0.15) is 5.56 Å². The maximum Gasteiger partial charge on any atom is 0.0642 e. The van der Waals surface area contributed by atoms with Crippen LogP contribution < -0.4 is 10.2 Å². The Morgan fingerprint density at radius 1 is 1.38 bits per heavy atom. The summed E-state index contributed by atoms with van der Waals surface area (Å²) >= 11 is 6.17. The first-order valence-corrected chi connectivity index (χ1v) is 5.68. The van der Waals surface area contributed by atoms with Crippen LogP contribution in [-0.4, -0.2) is 34.4 Å². The Morgan fingerprint density at radius 2 is 2.12 bits per heavy atom. The predicted octanol–water partition coefficient (Wildman–Crippen LogP) is 2.14. The molecule has 0 spiro atoms. The summed E-state index contributed by atoms with van der Waals surface area (Å²) in [5, 5.41) is 4.07. The van der Waals surface area contributed by atoms with Crippen LogP contribution in [-0.2, 0) is 11.3 Å². The van der Waals surface area contributed by atoms with Gasteiger partial charge in [0.1, 0.15) is 0 Å². The van der Waals surface area contributed by atoms with Crippen molar-refractivity contribution >= 4 is 17.3 Å². The predicted molar refractivity (Wildman–Crippen MR) is 69.4 cm³/mol. The number of ether oxygens (including phenoxy) is 1. The Labute approximate surface area is 102 Å². The molecular formula is C12H19ClN2O. The molecule has 1 aromatic rings. The van der Waals surface area contributed by atoms with Crippen LogP contribution in [0.3, 0.4) is 0 Å². The number of hydrogen-bond donors (Lipinski definition) is 1. The number of benzene rings is 1. The van der Waals surface area contributed by atoms with Crippen molar-refractivity contribution < 1.29 is 4.74 Å². The third-order valence-corrected chi connectivity index (χ3v) is 2.61. The molecule has 16 heavy (non-hydrogen) atoms. The van der Waals surface area contributed by atoms with Crippen molar-refractivity contribution in [3.05, 3.63) is 28.8 Å². The lowest BCUT2D eigenvalue weighted by Crippen LogP contribution is -2.18. The molecule has 90 valence electrons. The van der Waals surface area contributed by atoms with E-state index in [4.69, 9.17) is 16.3 Å². The highest BCUT2D eigenvalue weighted by Crippen LogP contribution is 2.24. The molecule has 0 aliphatic carbocycles. The minimum atomic E-state index is 0.726. The van der Waals surface area contributed by atoms with Crippen molar-refractivity contribution in [3.63, 3.8) is 0 Å². The van der Waals surface area contributed by atoms with E-state index in [9.17, 15) is 0 Å². The van der Waals surface area contributed by atoms with E-state index in [0.717, 1.165) is 30.4 Å². The molecule has 4 heteroatoms. The molecule has 0 amide bonds. The normalized spacial score (nSPS) is 10.5. The van der Waals surface area contributed by atoms with Gasteiger partial charge in [-0.1, -0.05) is 17.7 Å². The number of anilines is 1. The van der Waals surface area contributed by atoms with Gasteiger partial charge in [-0.3, -0.25) is 0 Å². The van der Waals surface area contributed by atoms with Crippen LogP contribution in [0.15, 0.2) is 18.2 Å². The highest BCUT2D eigenvalue weighted by atomic mass is 35.5. The summed E-state index contributed by atoms with van der Waals surface area (Å²) in [5.41, 5.74) is 2.23. The van der Waals surface area contributed by atoms with Gasteiger partial charge in [-0.15, -0.1) is 0 Å². The van der Waals surface area contributed by atoms with Crippen molar-refractivity contribution in [2.24, 2.45) is 0 Å². The molecule has 0 saturated carbocycles. The Hall–Kier alpha value is -0.770. The van der Waals surface area contributed by atoms with Crippen molar-refractivity contribution in [3.8, 4) is 0 Å². The molecule has 1 rings (SSSR count). The Balaban J connectivity index is 2.53. The third kappa shape index (κ3) is 4.00. The Kier molecular flexibility index (Phi) is 5.60. The van der Waals surface area contributed by atoms with Crippen LogP contribution in [0.4, 0.5) is 5.69 Å². The summed E-state index contributed by atoms with van der Waals surface area (Å²) in [6.07, 6.45) is 0. The molecule has 0 aliphatic heterocycles. The van der Waals surface area contributed by atoms with E-state index < -0.39 is 0 Å². The van der Waals surface area contributed by atoms with Gasteiger partial charge >= 0.3 is 0 Å². The van der Waals surface area contributed by atoms with Crippen molar-refractivity contribution in [2.45, 2.75) is 6.54 Å². The third-order valence-electron chi connectivity index (χ3n) is 2.31. The van der Waals surface area contributed by atoms with Crippen LogP contribution in [0.2, 0.25) is 5.02 Å². The van der Waals surface area contributed by atoms with Gasteiger partial charge in [0, 0.05) is 34.3 Å². The zero-order valence-corrected chi connectivity index (χ0v) is 10.8. The molecule has 0 unspecified atom stereocenters. The number of nitrogens with one attached hydrogen (secondary N) is 1. The molecule has 1 aromatic carbocycles. The second-order valence-electron chi connectivity index (χ2n) is 3.85. The van der Waals surface area contributed by atoms with Crippen molar-refractivity contribution in [1.29, 1.82) is 0 Å². The summed E-state index contributed by atoms with van der Waals surface area (Å²) in [5.74, 6) is 0. The van der Waals surface area contributed by atoms with Crippen LogP contribution >= 0.6 is 11.6 Å². The molecule has 0 atom stereocenters. The second-order valence-corrected chi connectivity index (χ2v) is 4.26. The fourth-order valence-electron chi connectivity index (χ4n) is 1.43. The van der Waals surface area contributed by atoms with Gasteiger partial charge in [0.15, 0.2) is 0 Å². The number of halogens is 1. The van der Waals surface area contributed by atoms with Gasteiger partial charge in [-0.25, -0.2) is 0 Å². The first-order valence-electron chi connectivity index (χ1n) is 5.30. The van der Waals surface area contributed by atoms with Crippen molar-refractivity contribution in [2.75, 3.05) is 39.3 Å². The van der Waals surface area contributed by atoms with Gasteiger partial charge < -0.3 is 15.0 Å². The van der Waals surface area contributed by atoms with Gasteiger partial charge in [-0.05, 0) is 17.7 Å². The summed E-state index contributed by atoms with van der Waals surface area (Å²) in [6, 6.07) is 6.12. The van der Waals surface area contributed by atoms with Crippen LogP contribution in [0, 0.1) is 0 Å². The Bertz CT molecular complexity index is 329. The van der Waals surface area contributed by atoms with Gasteiger partial charge in [0.25, 0.3) is 0 Å². The first-order chi connectivity index (χ1) is 7.65. The first kappa shape index (κ1) is 13.3. The van der Waals surface area contributed by atoms with E-state index in [1.54, 1.807) is 7.11 Å². The molecule has 0 saturated heterocycles. The summed E-state index contributed by atoms with van der Waals surface area (Å²) in [4.78, 5) is 2.00. The lowest BCUT2D eigenvalue weighted by molar-refractivity contribution is 0.199. The van der Waals surface area contributed by atoms with E-state index in [-0.39, 0.29) is 0 Å². The fourth-order valence-corrected chi connectivity index (χ4v) is 1.80. The van der Waals surface area contributed by atoms with Crippen LogP contribution in [0.5, 0.6) is 0 Å². The minimum Gasteiger partial charge on any atom is -0.383 e. The molecule has 0 heterocycles. The van der Waals surface area contributed by atoms with E-state index in [0.29, 0.717) is 0 Å². The summed E-state index contributed by atoms with van der Waals surface area (Å²) in [7, 11) is 5.67. The molecular weight excluding hydrogens is 224 g/mol. The van der Waals surface area contributed by atoms with E-state index >= 15 is 0 Å². The smallest absolute Gasteiger partial charge is 0.0642 e. The molecule has 0 radical (unpaired) electrons. The Morgan fingerprint density at radius 3 is 2.69 bits per heavy atom. The van der Waals surface area contributed by atoms with Gasteiger partial charge in [0.2, 0.25) is 0 Å². The number of nitrogens with zero attached hydrogens (tertiary/aromatic N) is 1. The summed E-state index contributed by atoms with van der Waals surface area (Å²) < 4.78 is 4.96. The average molecular weight is 243 g/mol. The standard InChI is InChI=1S/C12H19ClN2O/c1-15(2)12-5-4-10(8-11(12)13)9-14-6-7-16-3/h4-5,8,14H,6-7,9H2,1-3H3. The van der Waals surface area contributed by atoms with E-state index in [1.807, 2.05) is 31.1 Å². The molecule has 0 fully saturated rings. The van der Waals surface area contributed by atoms with E-state index in [2.05, 4.69) is 11.4 Å². The number of rotatable bonds is 6. The number of hydrogen-bond acceptors (Lipinski definition) is 3. The zero-order valence-electron chi connectivity index (χ0n) is 10.1. The average Bonchev–Trinajstić information content (AvgIpc) is 2.24. The molecule has 0 aliphatic rings. The monoisotopic (exact) mass is 242 g/mol. The largest absolute Gasteiger partial charge is 0.383 e. The SMILES string of the molecule is COCCNCc1ccc(N(C)C)c(Cl)c1. The topological polar surface area (TPSA) is 24.5 Å². The fraction of sp³-hybridized carbons (Fsp3) is 0.500. The quantitative estimate of drug-likeness (QED) is 0.774. The maximum absolute atomic E-state index is 6.17. The minimum absolute atomic E-state index is 0.726. The van der Waals surface area contributed by atoms with Gasteiger partial charge in [-0.2, -0.15) is 0 Å². The lowest BCUT2D eigenvalue weighted by Gasteiger charge is -2.15. The molecule has 0 bridgehead atoms. The number of methoxy groups -OCH3 is 1. The second kappa shape index (κ2) is 6.74. The maximum atomic E-state index is 6.17. The molecule has 1 N–H and O–H groups in total. The zero-order chi connectivity index (χ0) is 12.0. The summed E-state index contributed by atoms with van der Waals surface area (Å²) in [6.45, 7) is 2.39. The van der Waals surface area contributed by atoms with Crippen LogP contribution in [0.25, 0.3) is 0 Å². The lowest BCUT2D eigenvalue weighted by atomic mass is 10.2. The van der Waals surface area contributed by atoms with E-state index in [1.165, 1.54) is 5.56 Å². The highest BCUT2D eigenvalue weighted by Gasteiger charge is 2.03. The molecule has 0 aromatic heterocycles. The molecule has 3 nitrogen and oxygen atoms in total. The van der Waals surface area contributed by atoms with Gasteiger partial charge in [0.05, 0.1) is 17.3 Å². The highest BCUT2D eigenvalue weighted by molar-refractivity contribution is 6.33. The van der Waals surface area contributed by atoms with Crippen molar-refractivity contribution in [1.82, 2.24) is 5.32 Å².